The topological polar surface area (TPSA) is 98.2 Å². The Labute approximate surface area is 142 Å². The molecule has 1 aromatic heterocycles. The van der Waals surface area contributed by atoms with Crippen molar-refractivity contribution >= 4 is 23.4 Å². The van der Waals surface area contributed by atoms with E-state index in [9.17, 15) is 9.59 Å². The molecular formula is C15H18N4O4S. The molecule has 24 heavy (non-hydrogen) atoms. The van der Waals surface area contributed by atoms with Crippen LogP contribution in [0.4, 0.5) is 5.69 Å². The molecule has 0 spiro atoms. The van der Waals surface area contributed by atoms with E-state index in [1.165, 1.54) is 16.3 Å². The SMILES string of the molecule is CCCn1c(S[C@H](C)C(=O)Nc2ccc3c(c2)OCO3)n[nH]c1=O. The molecular weight excluding hydrogens is 332 g/mol. The van der Waals surface area contributed by atoms with Crippen LogP contribution in [0.2, 0.25) is 0 Å². The fraction of sp³-hybridized carbons (Fsp3) is 0.400. The molecule has 1 aromatic carbocycles. The predicted molar refractivity (Wildman–Crippen MR) is 89.7 cm³/mol. The van der Waals surface area contributed by atoms with Gasteiger partial charge in [0.05, 0.1) is 5.25 Å². The average Bonchev–Trinajstić information content (AvgIpc) is 3.16. The molecule has 1 amide bonds. The van der Waals surface area contributed by atoms with Crippen LogP contribution in [-0.4, -0.2) is 32.7 Å². The second-order valence-electron chi connectivity index (χ2n) is 5.28. The number of H-pyrrole nitrogens is 1. The molecule has 0 saturated heterocycles. The maximum Gasteiger partial charge on any atom is 0.343 e. The van der Waals surface area contributed by atoms with Crippen LogP contribution in [0.15, 0.2) is 28.2 Å². The molecule has 0 bridgehead atoms. The molecule has 0 fully saturated rings. The van der Waals surface area contributed by atoms with Gasteiger partial charge in [-0.3, -0.25) is 9.36 Å². The Hall–Kier alpha value is -2.42. The Kier molecular flexibility index (Phi) is 4.79. The van der Waals surface area contributed by atoms with E-state index < -0.39 is 5.25 Å². The number of nitrogens with one attached hydrogen (secondary N) is 2. The Morgan fingerprint density at radius 1 is 1.46 bits per heavy atom. The summed E-state index contributed by atoms with van der Waals surface area (Å²) < 4.78 is 12.1. The summed E-state index contributed by atoms with van der Waals surface area (Å²) in [6.07, 6.45) is 0.810. The highest BCUT2D eigenvalue weighted by molar-refractivity contribution is 8.00. The summed E-state index contributed by atoms with van der Waals surface area (Å²) >= 11 is 1.24. The molecule has 0 saturated carbocycles. The lowest BCUT2D eigenvalue weighted by atomic mass is 10.2. The van der Waals surface area contributed by atoms with Gasteiger partial charge in [-0.2, -0.15) is 0 Å². The molecule has 9 heteroatoms. The van der Waals surface area contributed by atoms with Gasteiger partial charge in [-0.05, 0) is 25.5 Å². The quantitative estimate of drug-likeness (QED) is 0.771. The second-order valence-corrected chi connectivity index (χ2v) is 6.59. The Bertz CT molecular complexity index is 801. The second kappa shape index (κ2) is 7.00. The first-order valence-electron chi connectivity index (χ1n) is 7.61. The molecule has 2 aromatic rings. The summed E-state index contributed by atoms with van der Waals surface area (Å²) in [4.78, 5) is 24.0. The van der Waals surface area contributed by atoms with E-state index in [-0.39, 0.29) is 18.4 Å². The molecule has 1 atom stereocenters. The maximum absolute atomic E-state index is 12.4. The van der Waals surface area contributed by atoms with E-state index in [2.05, 4.69) is 15.5 Å². The third-order valence-corrected chi connectivity index (χ3v) is 4.55. The van der Waals surface area contributed by atoms with Gasteiger partial charge in [-0.15, -0.1) is 5.10 Å². The molecule has 2 heterocycles. The van der Waals surface area contributed by atoms with Gasteiger partial charge in [0.25, 0.3) is 0 Å². The molecule has 2 N–H and O–H groups in total. The number of ether oxygens (including phenoxy) is 2. The van der Waals surface area contributed by atoms with Gasteiger partial charge in [0.2, 0.25) is 12.7 Å². The third-order valence-electron chi connectivity index (χ3n) is 3.46. The fourth-order valence-corrected chi connectivity index (χ4v) is 3.13. The zero-order valence-corrected chi connectivity index (χ0v) is 14.2. The lowest BCUT2D eigenvalue weighted by Crippen LogP contribution is -2.24. The van der Waals surface area contributed by atoms with Gasteiger partial charge in [-0.1, -0.05) is 18.7 Å². The molecule has 3 rings (SSSR count). The first kappa shape index (κ1) is 16.4. The highest BCUT2D eigenvalue weighted by Crippen LogP contribution is 2.34. The van der Waals surface area contributed by atoms with Gasteiger partial charge < -0.3 is 14.8 Å². The molecule has 0 radical (unpaired) electrons. The standard InChI is InChI=1S/C15H18N4O4S/c1-3-6-19-14(21)17-18-15(19)24-9(2)13(20)16-10-4-5-11-12(7-10)23-8-22-11/h4-5,7,9H,3,6,8H2,1-2H3,(H,16,20)(H,17,21)/t9-/m1/s1. The summed E-state index contributed by atoms with van der Waals surface area (Å²) in [6, 6.07) is 5.23. The van der Waals surface area contributed by atoms with Crippen LogP contribution in [-0.2, 0) is 11.3 Å². The Balaban J connectivity index is 1.66. The highest BCUT2D eigenvalue weighted by Gasteiger charge is 2.20. The van der Waals surface area contributed by atoms with Crippen LogP contribution in [0.3, 0.4) is 0 Å². The summed E-state index contributed by atoms with van der Waals surface area (Å²) in [5, 5.41) is 9.32. The average molecular weight is 350 g/mol. The molecule has 128 valence electrons. The number of rotatable bonds is 6. The van der Waals surface area contributed by atoms with Crippen LogP contribution >= 0.6 is 11.8 Å². The number of thioether (sulfide) groups is 1. The van der Waals surface area contributed by atoms with Gasteiger partial charge in [0, 0.05) is 18.3 Å². The third kappa shape index (κ3) is 3.40. The fourth-order valence-electron chi connectivity index (χ4n) is 2.24. The number of anilines is 1. The minimum absolute atomic E-state index is 0.183. The minimum atomic E-state index is -0.416. The van der Waals surface area contributed by atoms with E-state index in [1.807, 2.05) is 6.92 Å². The van der Waals surface area contributed by atoms with Crippen molar-refractivity contribution in [3.63, 3.8) is 0 Å². The smallest absolute Gasteiger partial charge is 0.343 e. The first-order valence-corrected chi connectivity index (χ1v) is 8.49. The lowest BCUT2D eigenvalue weighted by Gasteiger charge is -2.12. The summed E-state index contributed by atoms with van der Waals surface area (Å²) in [5.41, 5.74) is 0.368. The number of aromatic nitrogens is 3. The zero-order valence-electron chi connectivity index (χ0n) is 13.4. The van der Waals surface area contributed by atoms with E-state index in [0.29, 0.717) is 28.9 Å². The van der Waals surface area contributed by atoms with E-state index >= 15 is 0 Å². The van der Waals surface area contributed by atoms with E-state index in [0.717, 1.165) is 6.42 Å². The summed E-state index contributed by atoms with van der Waals surface area (Å²) in [5.74, 6) is 1.09. The monoisotopic (exact) mass is 350 g/mol. The van der Waals surface area contributed by atoms with Crippen molar-refractivity contribution in [2.75, 3.05) is 12.1 Å². The van der Waals surface area contributed by atoms with Crippen LogP contribution in [0, 0.1) is 0 Å². The largest absolute Gasteiger partial charge is 0.454 e. The van der Waals surface area contributed by atoms with Crippen molar-refractivity contribution in [1.82, 2.24) is 14.8 Å². The first-order chi connectivity index (χ1) is 11.6. The summed E-state index contributed by atoms with van der Waals surface area (Å²) in [6.45, 7) is 4.49. The number of amides is 1. The molecule has 0 unspecified atom stereocenters. The number of fused-ring (bicyclic) bond motifs is 1. The highest BCUT2D eigenvalue weighted by atomic mass is 32.2. The van der Waals surface area contributed by atoms with Gasteiger partial charge in [0.15, 0.2) is 16.7 Å². The number of carbonyl (C=O) groups excluding carboxylic acids is 1. The predicted octanol–water partition coefficient (Wildman–Crippen LogP) is 1.83. The molecule has 1 aliphatic heterocycles. The Morgan fingerprint density at radius 2 is 2.25 bits per heavy atom. The summed E-state index contributed by atoms with van der Waals surface area (Å²) in [7, 11) is 0. The number of benzene rings is 1. The lowest BCUT2D eigenvalue weighted by molar-refractivity contribution is -0.115. The van der Waals surface area contributed by atoms with Crippen molar-refractivity contribution in [3.8, 4) is 11.5 Å². The number of nitrogens with zero attached hydrogens (tertiary/aromatic N) is 2. The van der Waals surface area contributed by atoms with E-state index in [4.69, 9.17) is 9.47 Å². The number of hydrogen-bond donors (Lipinski definition) is 2. The maximum atomic E-state index is 12.4. The van der Waals surface area contributed by atoms with Gasteiger partial charge >= 0.3 is 5.69 Å². The van der Waals surface area contributed by atoms with Gasteiger partial charge in [0.1, 0.15) is 0 Å². The normalized spacial score (nSPS) is 13.8. The minimum Gasteiger partial charge on any atom is -0.454 e. The van der Waals surface area contributed by atoms with Crippen molar-refractivity contribution in [3.05, 3.63) is 28.7 Å². The number of hydrogen-bond acceptors (Lipinski definition) is 6. The van der Waals surface area contributed by atoms with Crippen molar-refractivity contribution < 1.29 is 14.3 Å². The van der Waals surface area contributed by atoms with Crippen LogP contribution in [0.25, 0.3) is 0 Å². The van der Waals surface area contributed by atoms with E-state index in [1.54, 1.807) is 25.1 Å². The van der Waals surface area contributed by atoms with Crippen LogP contribution in [0.1, 0.15) is 20.3 Å². The van der Waals surface area contributed by atoms with Crippen LogP contribution < -0.4 is 20.5 Å². The molecule has 8 nitrogen and oxygen atoms in total. The Morgan fingerprint density at radius 3 is 3.04 bits per heavy atom. The number of aromatic amines is 1. The van der Waals surface area contributed by atoms with Crippen molar-refractivity contribution in [1.29, 1.82) is 0 Å². The molecule has 0 aliphatic carbocycles. The van der Waals surface area contributed by atoms with Gasteiger partial charge in [-0.25, -0.2) is 9.89 Å². The van der Waals surface area contributed by atoms with Crippen molar-refractivity contribution in [2.24, 2.45) is 0 Å². The molecule has 1 aliphatic rings. The zero-order chi connectivity index (χ0) is 17.1. The number of carbonyl (C=O) groups is 1. The van der Waals surface area contributed by atoms with Crippen LogP contribution in [0.5, 0.6) is 11.5 Å². The van der Waals surface area contributed by atoms with Crippen molar-refractivity contribution in [2.45, 2.75) is 37.2 Å².